The zero-order valence-electron chi connectivity index (χ0n) is 11.9. The van der Waals surface area contributed by atoms with E-state index in [0.717, 1.165) is 11.8 Å². The van der Waals surface area contributed by atoms with Crippen LogP contribution in [0.15, 0.2) is 23.1 Å². The number of fused-ring (bicyclic) bond motifs is 5. The first kappa shape index (κ1) is 13.3. The molecule has 110 valence electrons. The van der Waals surface area contributed by atoms with Crippen molar-refractivity contribution in [2.45, 2.75) is 37.1 Å². The molecule has 1 aromatic rings. The normalized spacial score (nSPS) is 36.3. The van der Waals surface area contributed by atoms with Gasteiger partial charge in [-0.3, -0.25) is 0 Å². The Bertz CT molecular complexity index is 734. The molecule has 0 spiro atoms. The summed E-state index contributed by atoms with van der Waals surface area (Å²) in [5.74, 6) is 2.61. The summed E-state index contributed by atoms with van der Waals surface area (Å²) in [5.41, 5.74) is 1.08. The van der Waals surface area contributed by atoms with E-state index in [1.54, 1.807) is 19.1 Å². The first-order chi connectivity index (χ1) is 10.0. The third-order valence-electron chi connectivity index (χ3n) is 5.63. The number of nitriles is 1. The molecule has 3 saturated carbocycles. The van der Waals surface area contributed by atoms with E-state index in [2.05, 4.69) is 4.72 Å². The molecule has 0 heterocycles. The molecule has 5 heteroatoms. The van der Waals surface area contributed by atoms with Crippen LogP contribution in [-0.4, -0.2) is 14.5 Å². The summed E-state index contributed by atoms with van der Waals surface area (Å²) in [6, 6.07) is 6.97. The van der Waals surface area contributed by atoms with E-state index in [9.17, 15) is 8.42 Å². The fourth-order valence-electron chi connectivity index (χ4n) is 4.68. The zero-order chi connectivity index (χ0) is 14.8. The van der Waals surface area contributed by atoms with Crippen molar-refractivity contribution < 1.29 is 8.42 Å². The molecule has 4 nitrogen and oxygen atoms in total. The third kappa shape index (κ3) is 1.93. The van der Waals surface area contributed by atoms with Gasteiger partial charge in [-0.1, -0.05) is 6.07 Å². The Hall–Kier alpha value is -1.38. The molecule has 0 amide bonds. The first-order valence-corrected chi connectivity index (χ1v) is 9.02. The van der Waals surface area contributed by atoms with Gasteiger partial charge in [0.1, 0.15) is 0 Å². The van der Waals surface area contributed by atoms with Crippen LogP contribution in [-0.2, 0) is 10.0 Å². The highest BCUT2D eigenvalue weighted by molar-refractivity contribution is 7.89. The maximum absolute atomic E-state index is 12.6. The van der Waals surface area contributed by atoms with Gasteiger partial charge < -0.3 is 0 Å². The van der Waals surface area contributed by atoms with Gasteiger partial charge in [-0.2, -0.15) is 5.26 Å². The fraction of sp³-hybridized carbons (Fsp3) is 0.562. The van der Waals surface area contributed by atoms with E-state index in [4.69, 9.17) is 5.26 Å². The first-order valence-electron chi connectivity index (χ1n) is 7.54. The highest BCUT2D eigenvalue weighted by Crippen LogP contribution is 2.65. The molecule has 21 heavy (non-hydrogen) atoms. The van der Waals surface area contributed by atoms with Crippen LogP contribution in [0.25, 0.3) is 0 Å². The molecule has 3 fully saturated rings. The number of hydrogen-bond donors (Lipinski definition) is 1. The SMILES string of the molecule is Cc1ccc(C#N)cc1S(=O)(=O)NC1C2C3CCC(C3)C12. The standard InChI is InChI=1S/C16H18N2O2S/c1-9-2-3-10(8-17)6-13(9)21(19,20)18-16-14-11-4-5-12(7-11)15(14)16/h2-3,6,11-12,14-16,18H,4-5,7H2,1H3. The van der Waals surface area contributed by atoms with Crippen molar-refractivity contribution in [3.8, 4) is 6.07 Å². The number of benzene rings is 1. The average Bonchev–Trinajstić information content (AvgIpc) is 2.85. The van der Waals surface area contributed by atoms with Crippen LogP contribution >= 0.6 is 0 Å². The van der Waals surface area contributed by atoms with E-state index in [1.807, 2.05) is 6.07 Å². The Morgan fingerprint density at radius 2 is 1.90 bits per heavy atom. The minimum Gasteiger partial charge on any atom is -0.207 e. The highest BCUT2D eigenvalue weighted by Gasteiger charge is 2.65. The zero-order valence-corrected chi connectivity index (χ0v) is 12.7. The molecular formula is C16H18N2O2S. The lowest BCUT2D eigenvalue weighted by atomic mass is 10.0. The summed E-state index contributed by atoms with van der Waals surface area (Å²) in [6.45, 7) is 1.77. The second-order valence-electron chi connectivity index (χ2n) is 6.73. The lowest BCUT2D eigenvalue weighted by molar-refractivity contribution is 0.456. The van der Waals surface area contributed by atoms with Gasteiger partial charge in [0.25, 0.3) is 0 Å². The Labute approximate surface area is 125 Å². The summed E-state index contributed by atoms with van der Waals surface area (Å²) in [7, 11) is -3.52. The molecule has 4 rings (SSSR count). The largest absolute Gasteiger partial charge is 0.241 e. The lowest BCUT2D eigenvalue weighted by Gasteiger charge is -2.13. The number of hydrogen-bond acceptors (Lipinski definition) is 3. The van der Waals surface area contributed by atoms with Crippen molar-refractivity contribution in [1.82, 2.24) is 4.72 Å². The van der Waals surface area contributed by atoms with Gasteiger partial charge in [-0.15, -0.1) is 0 Å². The number of rotatable bonds is 3. The van der Waals surface area contributed by atoms with E-state index >= 15 is 0 Å². The average molecular weight is 302 g/mol. The summed E-state index contributed by atoms with van der Waals surface area (Å²) >= 11 is 0. The Morgan fingerprint density at radius 3 is 2.52 bits per heavy atom. The van der Waals surface area contributed by atoms with Gasteiger partial charge in [0.2, 0.25) is 10.0 Å². The van der Waals surface area contributed by atoms with Crippen LogP contribution in [0.2, 0.25) is 0 Å². The summed E-state index contributed by atoms with van der Waals surface area (Å²) in [5, 5.41) is 8.96. The highest BCUT2D eigenvalue weighted by atomic mass is 32.2. The van der Waals surface area contributed by atoms with Crippen LogP contribution in [0, 0.1) is 41.9 Å². The number of sulfonamides is 1. The molecular weight excluding hydrogens is 284 g/mol. The number of nitrogens with zero attached hydrogens (tertiary/aromatic N) is 1. The monoisotopic (exact) mass is 302 g/mol. The van der Waals surface area contributed by atoms with Gasteiger partial charge >= 0.3 is 0 Å². The van der Waals surface area contributed by atoms with Crippen LogP contribution in [0.5, 0.6) is 0 Å². The maximum atomic E-state index is 12.6. The third-order valence-corrected chi connectivity index (χ3v) is 7.23. The van der Waals surface area contributed by atoms with E-state index in [-0.39, 0.29) is 10.9 Å². The molecule has 4 unspecified atom stereocenters. The van der Waals surface area contributed by atoms with E-state index < -0.39 is 10.0 Å². The molecule has 3 aliphatic rings. The van der Waals surface area contributed by atoms with Gasteiger partial charge in [-0.05, 0) is 67.6 Å². The topological polar surface area (TPSA) is 70.0 Å². The summed E-state index contributed by atoms with van der Waals surface area (Å²) in [4.78, 5) is 0.249. The Morgan fingerprint density at radius 1 is 1.24 bits per heavy atom. The quantitative estimate of drug-likeness (QED) is 0.930. The molecule has 3 aliphatic carbocycles. The van der Waals surface area contributed by atoms with Crippen LogP contribution in [0.1, 0.15) is 30.4 Å². The maximum Gasteiger partial charge on any atom is 0.241 e. The predicted molar refractivity (Wildman–Crippen MR) is 77.8 cm³/mol. The molecule has 0 radical (unpaired) electrons. The van der Waals surface area contributed by atoms with Gasteiger partial charge in [-0.25, -0.2) is 13.1 Å². The Kier molecular flexibility index (Phi) is 2.73. The van der Waals surface area contributed by atoms with E-state index in [1.165, 1.54) is 25.3 Å². The molecule has 0 saturated heterocycles. The second kappa shape index (κ2) is 4.31. The smallest absolute Gasteiger partial charge is 0.207 e. The van der Waals surface area contributed by atoms with E-state index in [0.29, 0.717) is 23.0 Å². The summed E-state index contributed by atoms with van der Waals surface area (Å²) in [6.07, 6.45) is 3.84. The van der Waals surface area contributed by atoms with Gasteiger partial charge in [0.15, 0.2) is 0 Å². The number of nitrogens with one attached hydrogen (secondary N) is 1. The van der Waals surface area contributed by atoms with Gasteiger partial charge in [0, 0.05) is 6.04 Å². The van der Waals surface area contributed by atoms with Crippen molar-refractivity contribution in [2.75, 3.05) is 0 Å². The molecule has 4 atom stereocenters. The fourth-order valence-corrected chi connectivity index (χ4v) is 6.26. The van der Waals surface area contributed by atoms with Crippen LogP contribution in [0.3, 0.4) is 0 Å². The molecule has 1 aromatic carbocycles. The molecule has 0 aliphatic heterocycles. The Balaban J connectivity index is 1.59. The molecule has 1 N–H and O–H groups in total. The second-order valence-corrected chi connectivity index (χ2v) is 8.41. The van der Waals surface area contributed by atoms with Crippen LogP contribution < -0.4 is 4.72 Å². The van der Waals surface area contributed by atoms with Crippen molar-refractivity contribution >= 4 is 10.0 Å². The minimum absolute atomic E-state index is 0.131. The molecule has 2 bridgehead atoms. The summed E-state index contributed by atoms with van der Waals surface area (Å²) < 4.78 is 28.1. The van der Waals surface area contributed by atoms with Crippen molar-refractivity contribution in [1.29, 1.82) is 5.26 Å². The van der Waals surface area contributed by atoms with Crippen molar-refractivity contribution in [2.24, 2.45) is 23.7 Å². The predicted octanol–water partition coefficient (Wildman–Crippen LogP) is 2.19. The van der Waals surface area contributed by atoms with Crippen LogP contribution in [0.4, 0.5) is 0 Å². The minimum atomic E-state index is -3.52. The van der Waals surface area contributed by atoms with Crippen molar-refractivity contribution in [3.05, 3.63) is 29.3 Å². The molecule has 0 aromatic heterocycles. The number of aryl methyl sites for hydroxylation is 1. The van der Waals surface area contributed by atoms with Gasteiger partial charge in [0.05, 0.1) is 16.5 Å². The lowest BCUT2D eigenvalue weighted by Crippen LogP contribution is -2.30. The van der Waals surface area contributed by atoms with Crippen molar-refractivity contribution in [3.63, 3.8) is 0 Å².